The van der Waals surface area contributed by atoms with Crippen molar-refractivity contribution in [1.29, 1.82) is 0 Å². The normalized spacial score (nSPS) is 12.6. The van der Waals surface area contributed by atoms with Crippen LogP contribution in [0.15, 0.2) is 52.4 Å². The second-order valence-electron chi connectivity index (χ2n) is 7.72. The van der Waals surface area contributed by atoms with E-state index in [2.05, 4.69) is 4.99 Å². The van der Waals surface area contributed by atoms with Crippen molar-refractivity contribution in [2.24, 2.45) is 4.99 Å². The molecule has 0 atom stereocenters. The Morgan fingerprint density at radius 1 is 1.09 bits per heavy atom. The van der Waals surface area contributed by atoms with E-state index in [1.807, 2.05) is 36.6 Å². The Labute approximate surface area is 198 Å². The summed E-state index contributed by atoms with van der Waals surface area (Å²) >= 11 is 1.43. The van der Waals surface area contributed by atoms with Gasteiger partial charge in [-0.3, -0.25) is 4.79 Å². The molecule has 3 aromatic rings. The van der Waals surface area contributed by atoms with Crippen molar-refractivity contribution in [1.82, 2.24) is 4.57 Å². The van der Waals surface area contributed by atoms with Crippen LogP contribution in [-0.4, -0.2) is 44.0 Å². The van der Waals surface area contributed by atoms with Gasteiger partial charge in [-0.1, -0.05) is 23.5 Å². The summed E-state index contributed by atoms with van der Waals surface area (Å²) in [6, 6.07) is 12.3. The van der Waals surface area contributed by atoms with Gasteiger partial charge in [0.2, 0.25) is 0 Å². The largest absolute Gasteiger partial charge is 0.494 e. The Morgan fingerprint density at radius 2 is 1.82 bits per heavy atom. The summed E-state index contributed by atoms with van der Waals surface area (Å²) in [5.74, 6) is 0.480. The number of thiazole rings is 1. The molecule has 9 heteroatoms. The molecule has 0 unspecified atom stereocenters. The van der Waals surface area contributed by atoms with Crippen LogP contribution in [0.5, 0.6) is 5.75 Å². The number of nitrogens with zero attached hydrogens (tertiary/aromatic N) is 2. The fourth-order valence-corrected chi connectivity index (χ4v) is 5.46. The Kier molecular flexibility index (Phi) is 8.45. The number of amides is 1. The van der Waals surface area contributed by atoms with Gasteiger partial charge in [-0.25, -0.2) is 8.42 Å². The minimum absolute atomic E-state index is 0.0892. The van der Waals surface area contributed by atoms with Gasteiger partial charge >= 0.3 is 0 Å². The summed E-state index contributed by atoms with van der Waals surface area (Å²) < 4.78 is 38.7. The van der Waals surface area contributed by atoms with Crippen molar-refractivity contribution >= 4 is 37.3 Å². The van der Waals surface area contributed by atoms with Gasteiger partial charge in [0, 0.05) is 13.2 Å². The second kappa shape index (κ2) is 11.1. The van der Waals surface area contributed by atoms with E-state index in [9.17, 15) is 13.2 Å². The number of sulfone groups is 1. The number of benzene rings is 2. The number of hydrogen-bond donors (Lipinski definition) is 0. The van der Waals surface area contributed by atoms with Crippen LogP contribution in [-0.2, 0) is 32.3 Å². The van der Waals surface area contributed by atoms with Gasteiger partial charge in [-0.05, 0) is 63.6 Å². The molecule has 0 radical (unpaired) electrons. The van der Waals surface area contributed by atoms with Gasteiger partial charge in [0.25, 0.3) is 5.91 Å². The van der Waals surface area contributed by atoms with Crippen LogP contribution in [0.4, 0.5) is 0 Å². The van der Waals surface area contributed by atoms with E-state index < -0.39 is 15.1 Å². The van der Waals surface area contributed by atoms with Crippen molar-refractivity contribution in [3.05, 3.63) is 52.8 Å². The average Bonchev–Trinajstić information content (AvgIpc) is 3.10. The highest BCUT2D eigenvalue weighted by molar-refractivity contribution is 7.92. The molecule has 7 nitrogen and oxygen atoms in total. The number of ether oxygens (including phenoxy) is 2. The predicted molar refractivity (Wildman–Crippen MR) is 131 cm³/mol. The molecule has 178 valence electrons. The fraction of sp³-hybridized carbons (Fsp3) is 0.417. The molecule has 1 amide bonds. The van der Waals surface area contributed by atoms with Crippen LogP contribution in [0.2, 0.25) is 0 Å². The quantitative estimate of drug-likeness (QED) is 0.401. The highest BCUT2D eigenvalue weighted by Gasteiger charge is 2.19. The molecule has 0 spiro atoms. The van der Waals surface area contributed by atoms with Gasteiger partial charge in [0.15, 0.2) is 14.6 Å². The SMILES string of the molecule is CCOCCn1c(=NC(=O)Cc2ccc(S(=O)(=O)C(C)C)cc2)sc2cc(OCC)ccc21. The molecular weight excluding hydrogens is 460 g/mol. The molecule has 1 aromatic heterocycles. The van der Waals surface area contributed by atoms with Gasteiger partial charge in [-0.2, -0.15) is 4.99 Å². The zero-order valence-corrected chi connectivity index (χ0v) is 21.0. The molecule has 1 heterocycles. The third-order valence-corrected chi connectivity index (χ3v) is 8.29. The number of carbonyl (C=O) groups excluding carboxylic acids is 1. The van der Waals surface area contributed by atoms with Crippen molar-refractivity contribution in [3.63, 3.8) is 0 Å². The summed E-state index contributed by atoms with van der Waals surface area (Å²) in [7, 11) is -3.34. The lowest BCUT2D eigenvalue weighted by Gasteiger charge is -2.08. The van der Waals surface area contributed by atoms with Gasteiger partial charge in [-0.15, -0.1) is 0 Å². The maximum absolute atomic E-state index is 12.8. The smallest absolute Gasteiger partial charge is 0.252 e. The van der Waals surface area contributed by atoms with Gasteiger partial charge in [0.05, 0.1) is 40.0 Å². The van der Waals surface area contributed by atoms with Crippen LogP contribution in [0, 0.1) is 0 Å². The van der Waals surface area contributed by atoms with E-state index in [1.165, 1.54) is 11.3 Å². The van der Waals surface area contributed by atoms with Crippen LogP contribution < -0.4 is 9.54 Å². The highest BCUT2D eigenvalue weighted by atomic mass is 32.2. The number of rotatable bonds is 10. The van der Waals surface area contributed by atoms with Crippen molar-refractivity contribution in [2.75, 3.05) is 19.8 Å². The van der Waals surface area contributed by atoms with Crippen molar-refractivity contribution in [3.8, 4) is 5.75 Å². The summed E-state index contributed by atoms with van der Waals surface area (Å²) in [6.45, 7) is 9.46. The Morgan fingerprint density at radius 3 is 2.45 bits per heavy atom. The van der Waals surface area contributed by atoms with Gasteiger partial charge < -0.3 is 14.0 Å². The number of hydrogen-bond acceptors (Lipinski definition) is 6. The monoisotopic (exact) mass is 490 g/mol. The molecule has 33 heavy (non-hydrogen) atoms. The summed E-state index contributed by atoms with van der Waals surface area (Å²) in [5.41, 5.74) is 1.69. The second-order valence-corrected chi connectivity index (χ2v) is 11.2. The molecule has 0 aliphatic heterocycles. The minimum atomic E-state index is -3.34. The first-order valence-corrected chi connectivity index (χ1v) is 13.4. The molecule has 0 aliphatic rings. The highest BCUT2D eigenvalue weighted by Crippen LogP contribution is 2.23. The van der Waals surface area contributed by atoms with Crippen LogP contribution in [0.1, 0.15) is 33.3 Å². The number of carbonyl (C=O) groups is 1. The lowest BCUT2D eigenvalue weighted by atomic mass is 10.1. The summed E-state index contributed by atoms with van der Waals surface area (Å²) in [6.07, 6.45) is 0.0892. The number of aromatic nitrogens is 1. The van der Waals surface area contributed by atoms with Crippen LogP contribution in [0.25, 0.3) is 10.2 Å². The maximum atomic E-state index is 12.8. The third-order valence-electron chi connectivity index (χ3n) is 5.08. The van der Waals surface area contributed by atoms with E-state index >= 15 is 0 Å². The van der Waals surface area contributed by atoms with E-state index in [-0.39, 0.29) is 17.2 Å². The number of fused-ring (bicyclic) bond motifs is 1. The molecule has 0 fully saturated rings. The molecule has 0 N–H and O–H groups in total. The van der Waals surface area contributed by atoms with E-state index in [0.717, 1.165) is 16.0 Å². The Hall–Kier alpha value is -2.49. The molecule has 0 saturated carbocycles. The molecule has 3 rings (SSSR count). The zero-order chi connectivity index (χ0) is 24.0. The van der Waals surface area contributed by atoms with Crippen LogP contribution >= 0.6 is 11.3 Å². The lowest BCUT2D eigenvalue weighted by Crippen LogP contribution is -2.20. The standard InChI is InChI=1S/C24H30N2O5S2/c1-5-30-14-13-26-21-12-9-19(31-6-2)16-22(21)32-24(26)25-23(27)15-18-7-10-20(11-8-18)33(28,29)17(3)4/h7-12,16-17H,5-6,13-15H2,1-4H3. The van der Waals surface area contributed by atoms with Crippen molar-refractivity contribution in [2.45, 2.75) is 50.8 Å². The first kappa shape index (κ1) is 25.1. The third kappa shape index (κ3) is 6.10. The summed E-state index contributed by atoms with van der Waals surface area (Å²) in [5, 5.41) is -0.497. The Balaban J connectivity index is 1.89. The average molecular weight is 491 g/mol. The van der Waals surface area contributed by atoms with Crippen LogP contribution in [0.3, 0.4) is 0 Å². The molecule has 2 aromatic carbocycles. The zero-order valence-electron chi connectivity index (χ0n) is 19.4. The predicted octanol–water partition coefficient (Wildman–Crippen LogP) is 3.99. The first-order valence-electron chi connectivity index (χ1n) is 11.0. The van der Waals surface area contributed by atoms with E-state index in [0.29, 0.717) is 36.7 Å². The molecular formula is C24H30N2O5S2. The molecule has 0 aliphatic carbocycles. The minimum Gasteiger partial charge on any atom is -0.494 e. The topological polar surface area (TPSA) is 87.0 Å². The fourth-order valence-electron chi connectivity index (χ4n) is 3.30. The molecule has 0 saturated heterocycles. The maximum Gasteiger partial charge on any atom is 0.252 e. The van der Waals surface area contributed by atoms with Gasteiger partial charge in [0.1, 0.15) is 5.75 Å². The Bertz CT molecular complexity index is 1270. The summed E-state index contributed by atoms with van der Waals surface area (Å²) in [4.78, 5) is 18.0. The van der Waals surface area contributed by atoms with Crippen molar-refractivity contribution < 1.29 is 22.7 Å². The first-order chi connectivity index (χ1) is 15.8. The lowest BCUT2D eigenvalue weighted by molar-refractivity contribution is -0.117. The molecule has 0 bridgehead atoms. The van der Waals surface area contributed by atoms with E-state index in [4.69, 9.17) is 9.47 Å². The van der Waals surface area contributed by atoms with E-state index in [1.54, 1.807) is 38.1 Å².